The zero-order valence-corrected chi connectivity index (χ0v) is 15.1. The number of hydrogen-bond acceptors (Lipinski definition) is 3. The van der Waals surface area contributed by atoms with Crippen LogP contribution in [0.1, 0.15) is 18.4 Å². The summed E-state index contributed by atoms with van der Waals surface area (Å²) in [6.45, 7) is 7.25. The fraction of sp³-hybridized carbons (Fsp3) is 0.500. The molecule has 140 valence electrons. The van der Waals surface area contributed by atoms with Crippen LogP contribution in [0.15, 0.2) is 43.0 Å². The lowest BCUT2D eigenvalue weighted by molar-refractivity contribution is -0.150. The lowest BCUT2D eigenvalue weighted by Gasteiger charge is -2.29. The number of aliphatic carboxylic acids is 1. The highest BCUT2D eigenvalue weighted by molar-refractivity contribution is 5.77. The summed E-state index contributed by atoms with van der Waals surface area (Å²) in [7, 11) is 0. The average Bonchev–Trinajstić information content (AvgIpc) is 2.88. The minimum Gasteiger partial charge on any atom is -0.481 e. The van der Waals surface area contributed by atoms with Crippen molar-refractivity contribution in [3.05, 3.63) is 48.6 Å². The number of hydrogen-bond donors (Lipinski definition) is 2. The molecular formula is C20H27N3O3. The van der Waals surface area contributed by atoms with Gasteiger partial charge in [-0.25, -0.2) is 4.79 Å². The van der Waals surface area contributed by atoms with Crippen LogP contribution in [0.4, 0.5) is 4.79 Å². The fourth-order valence-corrected chi connectivity index (χ4v) is 4.28. The molecule has 2 atom stereocenters. The van der Waals surface area contributed by atoms with E-state index >= 15 is 0 Å². The lowest BCUT2D eigenvalue weighted by atomic mass is 9.75. The van der Waals surface area contributed by atoms with Gasteiger partial charge < -0.3 is 15.3 Å². The van der Waals surface area contributed by atoms with Gasteiger partial charge in [0.2, 0.25) is 0 Å². The lowest BCUT2D eigenvalue weighted by Crippen LogP contribution is -2.45. The van der Waals surface area contributed by atoms with Crippen molar-refractivity contribution in [2.75, 3.05) is 32.7 Å². The standard InChI is InChI=1S/C20H27N3O3/c1-2-10-22-13-17-14-23(11-6-9-20(17,15-22)18(24)25)19(26)21-12-16-7-4-3-5-8-16/h2-5,7-8,17H,1,6,9-15H2,(H,21,26)(H,24,25)/t17-,20+/m0/s1. The molecule has 0 unspecified atom stereocenters. The van der Waals surface area contributed by atoms with E-state index in [4.69, 9.17) is 0 Å². The molecular weight excluding hydrogens is 330 g/mol. The molecule has 6 heteroatoms. The number of carboxylic acid groups (broad SMARTS) is 1. The van der Waals surface area contributed by atoms with Crippen molar-refractivity contribution in [1.82, 2.24) is 15.1 Å². The minimum absolute atomic E-state index is 0.0510. The highest BCUT2D eigenvalue weighted by Gasteiger charge is 2.53. The zero-order chi connectivity index (χ0) is 18.6. The molecule has 0 aromatic heterocycles. The van der Waals surface area contributed by atoms with E-state index in [9.17, 15) is 14.7 Å². The SMILES string of the molecule is C=CCN1C[C@H]2CN(C(=O)NCc3ccccc3)CCC[C@@]2(C(=O)O)C1. The number of carbonyl (C=O) groups is 2. The maximum Gasteiger partial charge on any atom is 0.317 e. The van der Waals surface area contributed by atoms with Crippen LogP contribution in [0.2, 0.25) is 0 Å². The Morgan fingerprint density at radius 1 is 1.31 bits per heavy atom. The van der Waals surface area contributed by atoms with Gasteiger partial charge in [0.1, 0.15) is 0 Å². The van der Waals surface area contributed by atoms with Gasteiger partial charge in [-0.05, 0) is 18.4 Å². The third-order valence-electron chi connectivity index (χ3n) is 5.64. The summed E-state index contributed by atoms with van der Waals surface area (Å²) in [5.74, 6) is -0.787. The third kappa shape index (κ3) is 3.75. The second-order valence-electron chi connectivity index (χ2n) is 7.33. The summed E-state index contributed by atoms with van der Waals surface area (Å²) in [5, 5.41) is 12.9. The maximum atomic E-state index is 12.6. The molecule has 2 heterocycles. The smallest absolute Gasteiger partial charge is 0.317 e. The number of benzene rings is 1. The van der Waals surface area contributed by atoms with Crippen LogP contribution in [0.25, 0.3) is 0 Å². The Morgan fingerprint density at radius 2 is 2.08 bits per heavy atom. The number of rotatable bonds is 5. The predicted octanol–water partition coefficient (Wildman–Crippen LogP) is 2.18. The van der Waals surface area contributed by atoms with Gasteiger partial charge in [-0.2, -0.15) is 0 Å². The number of carboxylic acids is 1. The van der Waals surface area contributed by atoms with Crippen LogP contribution in [0, 0.1) is 11.3 Å². The molecule has 3 rings (SSSR count). The first kappa shape index (κ1) is 18.5. The molecule has 0 saturated carbocycles. The molecule has 2 amide bonds. The van der Waals surface area contributed by atoms with Gasteiger partial charge >= 0.3 is 12.0 Å². The van der Waals surface area contributed by atoms with Crippen molar-refractivity contribution in [3.8, 4) is 0 Å². The molecule has 1 aromatic carbocycles. The molecule has 2 saturated heterocycles. The van der Waals surface area contributed by atoms with Crippen molar-refractivity contribution in [3.63, 3.8) is 0 Å². The number of fused-ring (bicyclic) bond motifs is 1. The summed E-state index contributed by atoms with van der Waals surface area (Å²) >= 11 is 0. The number of carbonyl (C=O) groups excluding carboxylic acids is 1. The Bertz CT molecular complexity index is 664. The Morgan fingerprint density at radius 3 is 2.77 bits per heavy atom. The first-order valence-corrected chi connectivity index (χ1v) is 9.18. The highest BCUT2D eigenvalue weighted by Crippen LogP contribution is 2.42. The fourth-order valence-electron chi connectivity index (χ4n) is 4.28. The molecule has 1 aromatic rings. The molecule has 6 nitrogen and oxygen atoms in total. The number of nitrogens with zero attached hydrogens (tertiary/aromatic N) is 2. The van der Waals surface area contributed by atoms with Gasteiger partial charge in [-0.3, -0.25) is 9.69 Å². The van der Waals surface area contributed by atoms with Crippen molar-refractivity contribution in [2.45, 2.75) is 19.4 Å². The van der Waals surface area contributed by atoms with Gasteiger partial charge in [0.15, 0.2) is 0 Å². The highest BCUT2D eigenvalue weighted by atomic mass is 16.4. The zero-order valence-electron chi connectivity index (χ0n) is 15.1. The topological polar surface area (TPSA) is 72.9 Å². The van der Waals surface area contributed by atoms with Gasteiger partial charge in [0.25, 0.3) is 0 Å². The van der Waals surface area contributed by atoms with E-state index in [-0.39, 0.29) is 11.9 Å². The first-order chi connectivity index (χ1) is 12.5. The summed E-state index contributed by atoms with van der Waals surface area (Å²) in [5.41, 5.74) is 0.297. The number of nitrogens with one attached hydrogen (secondary N) is 1. The molecule has 26 heavy (non-hydrogen) atoms. The van der Waals surface area contributed by atoms with Crippen LogP contribution in [-0.4, -0.2) is 59.6 Å². The second kappa shape index (κ2) is 7.91. The number of urea groups is 1. The molecule has 0 aliphatic carbocycles. The Labute approximate surface area is 154 Å². The number of likely N-dealkylation sites (tertiary alicyclic amines) is 2. The average molecular weight is 357 g/mol. The molecule has 0 bridgehead atoms. The Kier molecular flexibility index (Phi) is 5.61. The third-order valence-corrected chi connectivity index (χ3v) is 5.64. The molecule has 2 N–H and O–H groups in total. The quantitative estimate of drug-likeness (QED) is 0.793. The maximum absolute atomic E-state index is 12.6. The van der Waals surface area contributed by atoms with Crippen molar-refractivity contribution in [2.24, 2.45) is 11.3 Å². The van der Waals surface area contributed by atoms with E-state index < -0.39 is 11.4 Å². The molecule has 0 spiro atoms. The Hall–Kier alpha value is -2.34. The second-order valence-corrected chi connectivity index (χ2v) is 7.33. The molecule has 2 aliphatic rings. The van der Waals surface area contributed by atoms with E-state index in [1.54, 1.807) is 4.90 Å². The monoisotopic (exact) mass is 357 g/mol. The Balaban J connectivity index is 1.66. The van der Waals surface area contributed by atoms with Gasteiger partial charge in [-0.1, -0.05) is 36.4 Å². The molecule has 0 radical (unpaired) electrons. The van der Waals surface area contributed by atoms with E-state index in [1.807, 2.05) is 36.4 Å². The van der Waals surface area contributed by atoms with Crippen molar-refractivity contribution >= 4 is 12.0 Å². The van der Waals surface area contributed by atoms with Crippen LogP contribution < -0.4 is 5.32 Å². The van der Waals surface area contributed by atoms with Gasteiger partial charge in [0, 0.05) is 45.2 Å². The minimum atomic E-state index is -0.753. The van der Waals surface area contributed by atoms with Crippen LogP contribution in [-0.2, 0) is 11.3 Å². The first-order valence-electron chi connectivity index (χ1n) is 9.18. The van der Waals surface area contributed by atoms with E-state index in [0.717, 1.165) is 5.56 Å². The van der Waals surface area contributed by atoms with Crippen LogP contribution in [0.3, 0.4) is 0 Å². The predicted molar refractivity (Wildman–Crippen MR) is 99.7 cm³/mol. The summed E-state index contributed by atoms with van der Waals surface area (Å²) in [6, 6.07) is 9.67. The van der Waals surface area contributed by atoms with Gasteiger partial charge in [0.05, 0.1) is 5.41 Å². The van der Waals surface area contributed by atoms with E-state index in [0.29, 0.717) is 52.1 Å². The summed E-state index contributed by atoms with van der Waals surface area (Å²) < 4.78 is 0. The van der Waals surface area contributed by atoms with Gasteiger partial charge in [-0.15, -0.1) is 6.58 Å². The summed E-state index contributed by atoms with van der Waals surface area (Å²) in [4.78, 5) is 28.6. The van der Waals surface area contributed by atoms with E-state index in [2.05, 4.69) is 16.8 Å². The molecule has 2 fully saturated rings. The van der Waals surface area contributed by atoms with Crippen LogP contribution >= 0.6 is 0 Å². The summed E-state index contributed by atoms with van der Waals surface area (Å²) in [6.07, 6.45) is 3.14. The van der Waals surface area contributed by atoms with Crippen molar-refractivity contribution < 1.29 is 14.7 Å². The number of amides is 2. The van der Waals surface area contributed by atoms with Crippen molar-refractivity contribution in [1.29, 1.82) is 0 Å². The van der Waals surface area contributed by atoms with E-state index in [1.165, 1.54) is 0 Å². The molecule has 2 aliphatic heterocycles. The van der Waals surface area contributed by atoms with Crippen LogP contribution in [0.5, 0.6) is 0 Å². The largest absolute Gasteiger partial charge is 0.481 e. The normalized spacial score (nSPS) is 26.0.